The highest BCUT2D eigenvalue weighted by atomic mass is 16.7. The number of amides is 1. The number of hydrogen-bond donors (Lipinski definition) is 3. The predicted molar refractivity (Wildman–Crippen MR) is 162 cm³/mol. The zero-order valence-corrected chi connectivity index (χ0v) is 26.1. The van der Waals surface area contributed by atoms with Crippen LogP contribution in [0.3, 0.4) is 0 Å². The van der Waals surface area contributed by atoms with Gasteiger partial charge in [0, 0.05) is 30.5 Å². The molecular formula is C34H41NO9. The highest BCUT2D eigenvalue weighted by Gasteiger charge is 2.51. The average molecular weight is 608 g/mol. The van der Waals surface area contributed by atoms with Crippen LogP contribution in [0, 0.1) is 18.8 Å². The molecule has 0 aromatic heterocycles. The second-order valence-corrected chi connectivity index (χ2v) is 12.0. The van der Waals surface area contributed by atoms with Gasteiger partial charge in [0.15, 0.2) is 0 Å². The molecule has 5 rings (SSSR count). The third-order valence-electron chi connectivity index (χ3n) is 8.40. The molecular weight excluding hydrogens is 566 g/mol. The van der Waals surface area contributed by atoms with E-state index in [9.17, 15) is 29.4 Å². The summed E-state index contributed by atoms with van der Waals surface area (Å²) in [5.74, 6) is -4.21. The maximum absolute atomic E-state index is 13.7. The minimum Gasteiger partial charge on any atom is -0.507 e. The number of Topliss-reactive ketones (excluding diaryl/α,β-unsaturated/α-hetero) is 2. The molecule has 10 heteroatoms. The second kappa shape index (κ2) is 13.2. The van der Waals surface area contributed by atoms with Crippen LogP contribution in [-0.2, 0) is 19.1 Å². The first-order valence-corrected chi connectivity index (χ1v) is 15.0. The fraction of sp³-hybridized carbons (Fsp3) is 0.471. The van der Waals surface area contributed by atoms with Crippen molar-refractivity contribution >= 4 is 23.4 Å². The smallest absolute Gasteiger partial charge is 0.312 e. The molecule has 1 aliphatic carbocycles. The number of phenols is 1. The van der Waals surface area contributed by atoms with Crippen LogP contribution in [0.15, 0.2) is 47.9 Å². The number of aromatic hydroxyl groups is 1. The molecule has 0 saturated heterocycles. The molecule has 3 aliphatic heterocycles. The number of ketones is 2. The standard InChI is InChI=1S/C34H41NO9/c1-18-11-9-13-19(2)25(43-22(5)36)15-7-8-16-42-34(6)32(40)28-26-24(37)17-23(35-33(41)20(3)14-10-12-18)30(39)27(26)29(38)21(4)31(28)44-34/h8,10,12,14,16-19,24-25,37-38H,7,9,11,13,15H2,1-6H3,(H,35,41)/b12-10+,16-8+,20-14-/t18-,19-,24?,25-,34+/m1/s1. The molecule has 1 unspecified atom stereocenters. The van der Waals surface area contributed by atoms with E-state index in [1.54, 1.807) is 25.2 Å². The van der Waals surface area contributed by atoms with E-state index in [0.29, 0.717) is 18.4 Å². The summed E-state index contributed by atoms with van der Waals surface area (Å²) < 4.78 is 17.3. The lowest BCUT2D eigenvalue weighted by Crippen LogP contribution is -2.38. The number of hydrogen-bond acceptors (Lipinski definition) is 9. The maximum Gasteiger partial charge on any atom is 0.312 e. The van der Waals surface area contributed by atoms with Gasteiger partial charge in [-0.05, 0) is 63.5 Å². The molecule has 0 radical (unpaired) electrons. The largest absolute Gasteiger partial charge is 0.507 e. The van der Waals surface area contributed by atoms with Gasteiger partial charge in [-0.25, -0.2) is 0 Å². The summed E-state index contributed by atoms with van der Waals surface area (Å²) in [6, 6.07) is 0. The van der Waals surface area contributed by atoms with Gasteiger partial charge in [-0.2, -0.15) is 0 Å². The summed E-state index contributed by atoms with van der Waals surface area (Å²) in [6.45, 7) is 10.0. The molecule has 0 spiro atoms. The lowest BCUT2D eigenvalue weighted by atomic mass is 9.83. The van der Waals surface area contributed by atoms with Crippen LogP contribution in [0.25, 0.3) is 0 Å². The SMILES string of the molecule is CC(=O)O[C@@H]1CC/C=C/O[C@@]2(C)Oc3c(C)c(O)c4c(c3C2=O)C(O)C=C(NC(=O)/C(C)=C\C=C\[C@H](C)CCC[C@H]1C)C4=O. The van der Waals surface area contributed by atoms with Crippen LogP contribution in [0.5, 0.6) is 11.5 Å². The van der Waals surface area contributed by atoms with Gasteiger partial charge in [0.2, 0.25) is 5.78 Å². The summed E-state index contributed by atoms with van der Waals surface area (Å²) in [5.41, 5.74) is -0.215. The summed E-state index contributed by atoms with van der Waals surface area (Å²) >= 11 is 0. The number of esters is 1. The van der Waals surface area contributed by atoms with Crippen LogP contribution in [0.4, 0.5) is 0 Å². The van der Waals surface area contributed by atoms with Crippen molar-refractivity contribution in [2.75, 3.05) is 0 Å². The Morgan fingerprint density at radius 2 is 1.84 bits per heavy atom. The number of nitrogens with one attached hydrogen (secondary N) is 1. The quantitative estimate of drug-likeness (QED) is 0.356. The Balaban J connectivity index is 1.71. The van der Waals surface area contributed by atoms with Crippen LogP contribution in [-0.4, -0.2) is 45.5 Å². The Labute approximate surface area is 257 Å². The van der Waals surface area contributed by atoms with Gasteiger partial charge in [0.05, 0.1) is 23.1 Å². The third kappa shape index (κ3) is 6.65. The number of phenolic OH excluding ortho intramolecular Hbond substituents is 1. The number of allylic oxidation sites excluding steroid dienone is 5. The van der Waals surface area contributed by atoms with E-state index in [1.165, 1.54) is 27.0 Å². The molecule has 5 bridgehead atoms. The molecule has 4 aliphatic rings. The normalized spacial score (nSPS) is 30.7. The predicted octanol–water partition coefficient (Wildman–Crippen LogP) is 5.42. The lowest BCUT2D eigenvalue weighted by Gasteiger charge is -2.24. The topological polar surface area (TPSA) is 148 Å². The Morgan fingerprint density at radius 1 is 1.11 bits per heavy atom. The van der Waals surface area contributed by atoms with Crippen LogP contribution in [0.1, 0.15) is 105 Å². The van der Waals surface area contributed by atoms with Gasteiger partial charge in [0.1, 0.15) is 23.7 Å². The van der Waals surface area contributed by atoms with E-state index in [4.69, 9.17) is 14.2 Å². The first-order valence-electron chi connectivity index (χ1n) is 15.0. The third-order valence-corrected chi connectivity index (χ3v) is 8.40. The van der Waals surface area contributed by atoms with Crippen molar-refractivity contribution in [3.8, 4) is 11.5 Å². The van der Waals surface area contributed by atoms with Crippen molar-refractivity contribution in [3.63, 3.8) is 0 Å². The Kier molecular flexibility index (Phi) is 9.83. The molecule has 1 aromatic rings. The minimum absolute atomic E-state index is 0.00366. The minimum atomic E-state index is -1.82. The highest BCUT2D eigenvalue weighted by molar-refractivity contribution is 6.19. The van der Waals surface area contributed by atoms with Gasteiger partial charge < -0.3 is 29.7 Å². The Bertz CT molecular complexity index is 1480. The molecule has 236 valence electrons. The molecule has 1 aromatic carbocycles. The molecule has 0 fully saturated rings. The van der Waals surface area contributed by atoms with Crippen molar-refractivity contribution in [2.45, 2.75) is 91.6 Å². The maximum atomic E-state index is 13.7. The lowest BCUT2D eigenvalue weighted by molar-refractivity contribution is -0.149. The number of carbonyl (C=O) groups is 4. The molecule has 3 N–H and O–H groups in total. The summed E-state index contributed by atoms with van der Waals surface area (Å²) in [6.07, 6.45) is 11.6. The fourth-order valence-electron chi connectivity index (χ4n) is 5.74. The van der Waals surface area contributed by atoms with E-state index < -0.39 is 35.1 Å². The number of fused-ring (bicyclic) bond motifs is 14. The van der Waals surface area contributed by atoms with Crippen molar-refractivity contribution in [1.29, 1.82) is 0 Å². The van der Waals surface area contributed by atoms with Gasteiger partial charge in [0.25, 0.3) is 11.7 Å². The van der Waals surface area contributed by atoms with Gasteiger partial charge in [-0.15, -0.1) is 0 Å². The zero-order valence-electron chi connectivity index (χ0n) is 26.1. The van der Waals surface area contributed by atoms with E-state index in [0.717, 1.165) is 25.3 Å². The highest BCUT2D eigenvalue weighted by Crippen LogP contribution is 2.49. The number of carbonyl (C=O) groups excluding carboxylic acids is 4. The van der Waals surface area contributed by atoms with E-state index in [2.05, 4.69) is 19.2 Å². The molecule has 1 amide bonds. The van der Waals surface area contributed by atoms with Gasteiger partial charge in [-0.1, -0.05) is 38.5 Å². The van der Waals surface area contributed by atoms with Crippen LogP contribution in [0.2, 0.25) is 0 Å². The summed E-state index contributed by atoms with van der Waals surface area (Å²) in [4.78, 5) is 51.9. The van der Waals surface area contributed by atoms with Crippen LogP contribution >= 0.6 is 0 Å². The van der Waals surface area contributed by atoms with Crippen molar-refractivity contribution < 1.29 is 43.6 Å². The van der Waals surface area contributed by atoms with E-state index in [-0.39, 0.29) is 57.6 Å². The number of aliphatic hydroxyl groups excluding tert-OH is 1. The number of ether oxygens (including phenoxy) is 3. The number of aliphatic hydroxyl groups is 1. The van der Waals surface area contributed by atoms with Gasteiger partial charge >= 0.3 is 11.8 Å². The molecule has 44 heavy (non-hydrogen) atoms. The first-order chi connectivity index (χ1) is 20.7. The number of rotatable bonds is 1. The summed E-state index contributed by atoms with van der Waals surface area (Å²) in [5, 5.41) is 24.7. The van der Waals surface area contributed by atoms with Gasteiger partial charge in [-0.3, -0.25) is 19.2 Å². The average Bonchev–Trinajstić information content (AvgIpc) is 3.22. The molecule has 10 nitrogen and oxygen atoms in total. The van der Waals surface area contributed by atoms with Crippen molar-refractivity contribution in [2.24, 2.45) is 11.8 Å². The molecule has 3 heterocycles. The van der Waals surface area contributed by atoms with Crippen molar-refractivity contribution in [3.05, 3.63) is 70.2 Å². The summed E-state index contributed by atoms with van der Waals surface area (Å²) in [7, 11) is 0. The Morgan fingerprint density at radius 3 is 2.55 bits per heavy atom. The van der Waals surface area contributed by atoms with E-state index in [1.807, 2.05) is 6.08 Å². The van der Waals surface area contributed by atoms with E-state index >= 15 is 0 Å². The number of benzene rings is 1. The monoisotopic (exact) mass is 607 g/mol. The molecule has 5 atom stereocenters. The zero-order chi connectivity index (χ0) is 32.3. The second-order valence-electron chi connectivity index (χ2n) is 12.0. The first kappa shape index (κ1) is 32.7. The molecule has 0 saturated carbocycles. The van der Waals surface area contributed by atoms with Crippen molar-refractivity contribution in [1.82, 2.24) is 5.32 Å². The fourth-order valence-corrected chi connectivity index (χ4v) is 5.74. The Hall–Kier alpha value is -4.18. The van der Waals surface area contributed by atoms with Crippen LogP contribution < -0.4 is 10.1 Å².